The summed E-state index contributed by atoms with van der Waals surface area (Å²) in [5, 5.41) is 54.4. The van der Waals surface area contributed by atoms with Crippen molar-refractivity contribution in [3.8, 4) is 0 Å². The van der Waals surface area contributed by atoms with Crippen LogP contribution in [0.1, 0.15) is 258 Å². The summed E-state index contributed by atoms with van der Waals surface area (Å²) in [4.78, 5) is 13.0. The summed E-state index contributed by atoms with van der Waals surface area (Å²) in [7, 11) is 0. The summed E-state index contributed by atoms with van der Waals surface area (Å²) in [6.07, 6.45) is 52.1. The van der Waals surface area contributed by atoms with Crippen LogP contribution in [0, 0.1) is 0 Å². The second-order valence-corrected chi connectivity index (χ2v) is 19.4. The van der Waals surface area contributed by atoms with Crippen LogP contribution in [0.4, 0.5) is 0 Å². The smallest absolute Gasteiger partial charge is 0.220 e. The molecule has 6 N–H and O–H groups in total. The standard InChI is InChI=1S/C56H105NO8/c1-3-5-7-9-11-13-15-17-19-20-21-22-23-24-25-26-27-28-29-30-32-34-36-38-40-42-44-46-52(60)57-49(48-64-56-55(63)54(62)53(61)51(47-58)65-56)50(59)45-43-41-39-37-35-33-31-18-16-14-12-10-8-6-4-2/h24-25,35,37,43,45,49-51,53-56,58-59,61-63H,3-23,26-34,36,38-42,44,46-48H2,1-2H3,(H,57,60)/b25-24-,37-35+,45-43+. The van der Waals surface area contributed by atoms with Gasteiger partial charge in [-0.3, -0.25) is 4.79 Å². The summed E-state index contributed by atoms with van der Waals surface area (Å²) in [6.45, 7) is 3.77. The molecule has 1 fully saturated rings. The van der Waals surface area contributed by atoms with Crippen molar-refractivity contribution in [2.75, 3.05) is 13.2 Å². The highest BCUT2D eigenvalue weighted by molar-refractivity contribution is 5.76. The van der Waals surface area contributed by atoms with Gasteiger partial charge >= 0.3 is 0 Å². The topological polar surface area (TPSA) is 149 Å². The number of nitrogens with one attached hydrogen (secondary N) is 1. The zero-order chi connectivity index (χ0) is 47.3. The van der Waals surface area contributed by atoms with E-state index in [4.69, 9.17) is 9.47 Å². The number of hydrogen-bond acceptors (Lipinski definition) is 8. The number of amides is 1. The van der Waals surface area contributed by atoms with Crippen molar-refractivity contribution in [3.05, 3.63) is 36.5 Å². The van der Waals surface area contributed by atoms with Crippen LogP contribution in [-0.4, -0.2) is 87.5 Å². The first-order chi connectivity index (χ1) is 31.8. The first-order valence-electron chi connectivity index (χ1n) is 27.7. The summed E-state index contributed by atoms with van der Waals surface area (Å²) in [5.74, 6) is -0.186. The quantitative estimate of drug-likeness (QED) is 0.0261. The molecule has 7 unspecified atom stereocenters. The molecule has 1 saturated heterocycles. The van der Waals surface area contributed by atoms with Crippen molar-refractivity contribution >= 4 is 5.91 Å². The van der Waals surface area contributed by atoms with Gasteiger partial charge in [0.1, 0.15) is 24.4 Å². The molecule has 7 atom stereocenters. The minimum Gasteiger partial charge on any atom is -0.394 e. The Kier molecular flexibility index (Phi) is 43.6. The minimum absolute atomic E-state index is 0.186. The highest BCUT2D eigenvalue weighted by atomic mass is 16.7. The molecule has 9 nitrogen and oxygen atoms in total. The van der Waals surface area contributed by atoms with Crippen LogP contribution < -0.4 is 5.32 Å². The fraction of sp³-hybridized carbons (Fsp3) is 0.875. The van der Waals surface area contributed by atoms with Crippen molar-refractivity contribution < 1.29 is 39.8 Å². The Labute approximate surface area is 400 Å². The normalized spacial score (nSPS) is 20.1. The lowest BCUT2D eigenvalue weighted by Gasteiger charge is -2.40. The first-order valence-corrected chi connectivity index (χ1v) is 27.7. The van der Waals surface area contributed by atoms with E-state index in [1.165, 1.54) is 199 Å². The van der Waals surface area contributed by atoms with Crippen molar-refractivity contribution in [3.63, 3.8) is 0 Å². The van der Waals surface area contributed by atoms with E-state index >= 15 is 0 Å². The van der Waals surface area contributed by atoms with Gasteiger partial charge in [-0.1, -0.05) is 230 Å². The largest absolute Gasteiger partial charge is 0.394 e. The molecular weight excluding hydrogens is 815 g/mol. The van der Waals surface area contributed by atoms with Crippen LogP contribution in [-0.2, 0) is 14.3 Å². The Morgan fingerprint density at radius 2 is 0.877 bits per heavy atom. The van der Waals surface area contributed by atoms with E-state index in [1.54, 1.807) is 6.08 Å². The number of allylic oxidation sites excluding steroid dienone is 5. The average molecular weight is 920 g/mol. The maximum Gasteiger partial charge on any atom is 0.220 e. The SMILES string of the molecule is CCCCCCCCCCC/C=C/CC/C=C/C(O)C(COC1OC(CO)C(O)C(O)C1O)NC(=O)CCCCCCCCCCCCC/C=C\CCCCCCCCCCCCCC. The van der Waals surface area contributed by atoms with E-state index in [0.29, 0.717) is 6.42 Å². The molecule has 65 heavy (non-hydrogen) atoms. The summed E-state index contributed by atoms with van der Waals surface area (Å²) in [6, 6.07) is -0.821. The van der Waals surface area contributed by atoms with Crippen LogP contribution in [0.2, 0.25) is 0 Å². The molecule has 0 aliphatic carbocycles. The van der Waals surface area contributed by atoms with Crippen LogP contribution in [0.25, 0.3) is 0 Å². The summed E-state index contributed by atoms with van der Waals surface area (Å²) < 4.78 is 11.2. The van der Waals surface area contributed by atoms with Gasteiger partial charge in [-0.15, -0.1) is 0 Å². The molecule has 0 aromatic carbocycles. The Hall–Kier alpha value is -1.59. The van der Waals surface area contributed by atoms with Gasteiger partial charge in [0.05, 0.1) is 25.4 Å². The molecular formula is C56H105NO8. The van der Waals surface area contributed by atoms with Crippen LogP contribution in [0.15, 0.2) is 36.5 Å². The van der Waals surface area contributed by atoms with E-state index < -0.39 is 49.5 Å². The number of rotatable bonds is 47. The average Bonchev–Trinajstić information content (AvgIpc) is 3.31. The lowest BCUT2D eigenvalue weighted by molar-refractivity contribution is -0.302. The fourth-order valence-corrected chi connectivity index (χ4v) is 8.76. The van der Waals surface area contributed by atoms with Crippen molar-refractivity contribution in [1.82, 2.24) is 5.32 Å². The Morgan fingerprint density at radius 3 is 1.29 bits per heavy atom. The summed E-state index contributed by atoms with van der Waals surface area (Å²) >= 11 is 0. The predicted octanol–water partition coefficient (Wildman–Crippen LogP) is 13.2. The highest BCUT2D eigenvalue weighted by Crippen LogP contribution is 2.23. The molecule has 1 aliphatic heterocycles. The Morgan fingerprint density at radius 1 is 0.508 bits per heavy atom. The minimum atomic E-state index is -1.57. The van der Waals surface area contributed by atoms with E-state index in [9.17, 15) is 30.3 Å². The van der Waals surface area contributed by atoms with Gasteiger partial charge in [0.25, 0.3) is 0 Å². The summed E-state index contributed by atoms with van der Waals surface area (Å²) in [5.41, 5.74) is 0. The van der Waals surface area contributed by atoms with Gasteiger partial charge in [-0.05, 0) is 57.8 Å². The number of unbranched alkanes of at least 4 members (excludes halogenated alkanes) is 33. The van der Waals surface area contributed by atoms with Crippen LogP contribution in [0.3, 0.4) is 0 Å². The molecule has 0 radical (unpaired) electrons. The zero-order valence-corrected chi connectivity index (χ0v) is 42.3. The van der Waals surface area contributed by atoms with Gasteiger partial charge < -0.3 is 40.3 Å². The van der Waals surface area contributed by atoms with E-state index in [-0.39, 0.29) is 12.5 Å². The number of aliphatic hydroxyl groups is 5. The molecule has 0 aromatic rings. The van der Waals surface area contributed by atoms with Gasteiger partial charge in [-0.25, -0.2) is 0 Å². The monoisotopic (exact) mass is 920 g/mol. The third kappa shape index (κ3) is 36.1. The molecule has 1 rings (SSSR count). The molecule has 0 bridgehead atoms. The maximum absolute atomic E-state index is 13.0. The Balaban J connectivity index is 2.21. The first kappa shape index (κ1) is 61.4. The van der Waals surface area contributed by atoms with Crippen LogP contribution >= 0.6 is 0 Å². The zero-order valence-electron chi connectivity index (χ0n) is 42.3. The van der Waals surface area contributed by atoms with Crippen molar-refractivity contribution in [1.29, 1.82) is 0 Å². The van der Waals surface area contributed by atoms with Gasteiger partial charge in [0, 0.05) is 6.42 Å². The molecule has 382 valence electrons. The van der Waals surface area contributed by atoms with Crippen LogP contribution in [0.5, 0.6) is 0 Å². The van der Waals surface area contributed by atoms with Gasteiger partial charge in [-0.2, -0.15) is 0 Å². The third-order valence-corrected chi connectivity index (χ3v) is 13.2. The number of hydrogen-bond donors (Lipinski definition) is 6. The number of carbonyl (C=O) groups is 1. The second kappa shape index (κ2) is 46.2. The van der Waals surface area contributed by atoms with Gasteiger partial charge in [0.2, 0.25) is 5.91 Å². The highest BCUT2D eigenvalue weighted by Gasteiger charge is 2.44. The molecule has 0 spiro atoms. The molecule has 1 amide bonds. The predicted molar refractivity (Wildman–Crippen MR) is 272 cm³/mol. The molecule has 1 heterocycles. The molecule has 9 heteroatoms. The Bertz CT molecular complexity index is 1110. The number of carbonyl (C=O) groups excluding carboxylic acids is 1. The molecule has 1 aliphatic rings. The van der Waals surface area contributed by atoms with Gasteiger partial charge in [0.15, 0.2) is 6.29 Å². The van der Waals surface area contributed by atoms with Crippen molar-refractivity contribution in [2.45, 2.75) is 301 Å². The fourth-order valence-electron chi connectivity index (χ4n) is 8.76. The van der Waals surface area contributed by atoms with E-state index in [2.05, 4.69) is 43.5 Å². The lowest BCUT2D eigenvalue weighted by Crippen LogP contribution is -2.60. The molecule has 0 aromatic heterocycles. The number of aliphatic hydroxyl groups excluding tert-OH is 5. The lowest BCUT2D eigenvalue weighted by atomic mass is 9.99. The third-order valence-electron chi connectivity index (χ3n) is 13.2. The second-order valence-electron chi connectivity index (χ2n) is 19.4. The van der Waals surface area contributed by atoms with Crippen molar-refractivity contribution in [2.24, 2.45) is 0 Å². The van der Waals surface area contributed by atoms with E-state index in [1.807, 2.05) is 6.08 Å². The maximum atomic E-state index is 13.0. The number of ether oxygens (including phenoxy) is 2. The molecule has 0 saturated carbocycles. The van der Waals surface area contributed by atoms with E-state index in [0.717, 1.165) is 38.5 Å².